The number of nitrogens with one attached hydrogen (secondary N) is 2. The van der Waals surface area contributed by atoms with Crippen LogP contribution in [0.25, 0.3) is 0 Å². The average molecular weight is 297 g/mol. The number of carbonyl (C=O) groups excluding carboxylic acids is 2. The molecule has 1 heterocycles. The standard InChI is InChI=1S/C12H15N3O4S/c13-20(18,19)7-8-1-3-9(4-2-8)14-12(17)10-5-6-11(16)15-10/h1-4,10H,5-7H2,(H,14,17)(H,15,16)(H2,13,18,19)/t10-/m0/s1. The van der Waals surface area contributed by atoms with Gasteiger partial charge >= 0.3 is 0 Å². The van der Waals surface area contributed by atoms with Crippen molar-refractivity contribution in [2.75, 3.05) is 5.32 Å². The van der Waals surface area contributed by atoms with Crippen LogP contribution in [-0.2, 0) is 25.4 Å². The topological polar surface area (TPSA) is 118 Å². The lowest BCUT2D eigenvalue weighted by atomic mass is 10.2. The van der Waals surface area contributed by atoms with Crippen LogP contribution in [0.5, 0.6) is 0 Å². The zero-order valence-electron chi connectivity index (χ0n) is 10.6. The third-order valence-electron chi connectivity index (χ3n) is 2.90. The van der Waals surface area contributed by atoms with Crippen molar-refractivity contribution < 1.29 is 18.0 Å². The lowest BCUT2D eigenvalue weighted by molar-refractivity contribution is -0.122. The van der Waals surface area contributed by atoms with Crippen molar-refractivity contribution in [2.24, 2.45) is 5.14 Å². The highest BCUT2D eigenvalue weighted by Gasteiger charge is 2.27. The van der Waals surface area contributed by atoms with E-state index in [-0.39, 0.29) is 17.6 Å². The number of sulfonamides is 1. The summed E-state index contributed by atoms with van der Waals surface area (Å²) in [5.41, 5.74) is 1.08. The lowest BCUT2D eigenvalue weighted by Crippen LogP contribution is -2.37. The number of rotatable bonds is 4. The van der Waals surface area contributed by atoms with Crippen LogP contribution in [0.15, 0.2) is 24.3 Å². The fourth-order valence-electron chi connectivity index (χ4n) is 1.96. The van der Waals surface area contributed by atoms with Crippen LogP contribution >= 0.6 is 0 Å². The lowest BCUT2D eigenvalue weighted by Gasteiger charge is -2.11. The number of benzene rings is 1. The Kier molecular flexibility index (Phi) is 4.05. The number of amides is 2. The molecule has 20 heavy (non-hydrogen) atoms. The van der Waals surface area contributed by atoms with Gasteiger partial charge in [0.2, 0.25) is 21.8 Å². The molecule has 7 nitrogen and oxygen atoms in total. The predicted molar refractivity (Wildman–Crippen MR) is 73.0 cm³/mol. The summed E-state index contributed by atoms with van der Waals surface area (Å²) in [6.07, 6.45) is 0.833. The Morgan fingerprint density at radius 3 is 2.50 bits per heavy atom. The van der Waals surface area contributed by atoms with Gasteiger partial charge in [-0.3, -0.25) is 9.59 Å². The van der Waals surface area contributed by atoms with Crippen LogP contribution in [0.2, 0.25) is 0 Å². The molecule has 1 aliphatic rings. The molecule has 0 bridgehead atoms. The summed E-state index contributed by atoms with van der Waals surface area (Å²) in [4.78, 5) is 22.9. The molecule has 0 radical (unpaired) electrons. The summed E-state index contributed by atoms with van der Waals surface area (Å²) in [5.74, 6) is -0.663. The smallest absolute Gasteiger partial charge is 0.246 e. The van der Waals surface area contributed by atoms with E-state index in [9.17, 15) is 18.0 Å². The molecule has 1 aromatic rings. The quantitative estimate of drug-likeness (QED) is 0.706. The summed E-state index contributed by atoms with van der Waals surface area (Å²) < 4.78 is 21.9. The van der Waals surface area contributed by atoms with E-state index in [1.54, 1.807) is 24.3 Å². The molecule has 108 valence electrons. The Bertz CT molecular complexity index is 625. The van der Waals surface area contributed by atoms with Crippen molar-refractivity contribution in [2.45, 2.75) is 24.6 Å². The molecule has 1 aliphatic heterocycles. The van der Waals surface area contributed by atoms with Gasteiger partial charge in [0, 0.05) is 12.1 Å². The van der Waals surface area contributed by atoms with E-state index in [1.165, 1.54) is 0 Å². The van der Waals surface area contributed by atoms with E-state index in [0.29, 0.717) is 24.1 Å². The molecule has 2 rings (SSSR count). The highest BCUT2D eigenvalue weighted by atomic mass is 32.2. The molecular weight excluding hydrogens is 282 g/mol. The van der Waals surface area contributed by atoms with Crippen molar-refractivity contribution in [3.63, 3.8) is 0 Å². The zero-order valence-corrected chi connectivity index (χ0v) is 11.4. The first-order chi connectivity index (χ1) is 9.33. The van der Waals surface area contributed by atoms with Gasteiger partial charge in [0.05, 0.1) is 5.75 Å². The minimum Gasteiger partial charge on any atom is -0.344 e. The van der Waals surface area contributed by atoms with Crippen LogP contribution in [0.4, 0.5) is 5.69 Å². The second kappa shape index (κ2) is 5.59. The fourth-order valence-corrected chi connectivity index (χ4v) is 2.61. The third kappa shape index (κ3) is 4.04. The van der Waals surface area contributed by atoms with Crippen LogP contribution in [0.3, 0.4) is 0 Å². The van der Waals surface area contributed by atoms with Gasteiger partial charge in [-0.25, -0.2) is 13.6 Å². The highest BCUT2D eigenvalue weighted by molar-refractivity contribution is 7.88. The molecule has 0 saturated carbocycles. The number of hydrogen-bond acceptors (Lipinski definition) is 4. The van der Waals surface area contributed by atoms with Crippen molar-refractivity contribution >= 4 is 27.5 Å². The number of anilines is 1. The van der Waals surface area contributed by atoms with Gasteiger partial charge in [-0.05, 0) is 24.1 Å². The summed E-state index contributed by atoms with van der Waals surface area (Å²) in [6, 6.07) is 5.83. The van der Waals surface area contributed by atoms with E-state index in [4.69, 9.17) is 5.14 Å². The van der Waals surface area contributed by atoms with E-state index in [0.717, 1.165) is 0 Å². The first kappa shape index (κ1) is 14.5. The fraction of sp³-hybridized carbons (Fsp3) is 0.333. The van der Waals surface area contributed by atoms with Crippen molar-refractivity contribution in [3.05, 3.63) is 29.8 Å². The van der Waals surface area contributed by atoms with E-state index < -0.39 is 16.1 Å². The van der Waals surface area contributed by atoms with E-state index in [1.807, 2.05) is 0 Å². The van der Waals surface area contributed by atoms with Crippen molar-refractivity contribution in [1.82, 2.24) is 5.32 Å². The first-order valence-corrected chi connectivity index (χ1v) is 7.75. The maximum Gasteiger partial charge on any atom is 0.246 e. The predicted octanol–water partition coefficient (Wildman–Crippen LogP) is -0.308. The van der Waals surface area contributed by atoms with E-state index in [2.05, 4.69) is 10.6 Å². The molecule has 0 unspecified atom stereocenters. The number of carbonyl (C=O) groups is 2. The minimum atomic E-state index is -3.57. The van der Waals surface area contributed by atoms with Gasteiger partial charge in [-0.15, -0.1) is 0 Å². The summed E-state index contributed by atoms with van der Waals surface area (Å²) in [6.45, 7) is 0. The summed E-state index contributed by atoms with van der Waals surface area (Å²) in [5, 5.41) is 10.2. The van der Waals surface area contributed by atoms with Gasteiger partial charge in [0.15, 0.2) is 0 Å². The summed E-state index contributed by atoms with van der Waals surface area (Å²) >= 11 is 0. The monoisotopic (exact) mass is 297 g/mol. The molecule has 0 spiro atoms. The molecule has 2 amide bonds. The normalized spacial score (nSPS) is 18.6. The SMILES string of the molecule is NS(=O)(=O)Cc1ccc(NC(=O)[C@@H]2CCC(=O)N2)cc1. The molecule has 1 atom stereocenters. The maximum absolute atomic E-state index is 11.8. The molecule has 1 aromatic carbocycles. The number of hydrogen-bond donors (Lipinski definition) is 3. The van der Waals surface area contributed by atoms with Gasteiger partial charge in [-0.2, -0.15) is 0 Å². The van der Waals surface area contributed by atoms with Gasteiger partial charge in [0.1, 0.15) is 6.04 Å². The van der Waals surface area contributed by atoms with Crippen LogP contribution in [0, 0.1) is 0 Å². The number of primary sulfonamides is 1. The molecule has 8 heteroatoms. The van der Waals surface area contributed by atoms with E-state index >= 15 is 0 Å². The van der Waals surface area contributed by atoms with Crippen LogP contribution in [0.1, 0.15) is 18.4 Å². The Morgan fingerprint density at radius 1 is 1.35 bits per heavy atom. The number of nitrogens with two attached hydrogens (primary N) is 1. The third-order valence-corrected chi connectivity index (χ3v) is 3.64. The molecule has 1 saturated heterocycles. The van der Waals surface area contributed by atoms with Crippen molar-refractivity contribution in [3.8, 4) is 0 Å². The Morgan fingerprint density at radius 2 is 2.00 bits per heavy atom. The summed E-state index contributed by atoms with van der Waals surface area (Å²) in [7, 11) is -3.57. The largest absolute Gasteiger partial charge is 0.344 e. The zero-order chi connectivity index (χ0) is 14.8. The van der Waals surface area contributed by atoms with Crippen molar-refractivity contribution in [1.29, 1.82) is 0 Å². The molecule has 0 aliphatic carbocycles. The second-order valence-corrected chi connectivity index (χ2v) is 6.27. The highest BCUT2D eigenvalue weighted by Crippen LogP contribution is 2.13. The maximum atomic E-state index is 11.8. The first-order valence-electron chi connectivity index (χ1n) is 6.03. The Balaban J connectivity index is 1.97. The molecular formula is C12H15N3O4S. The van der Waals surface area contributed by atoms with Crippen LogP contribution < -0.4 is 15.8 Å². The molecule has 0 aromatic heterocycles. The average Bonchev–Trinajstić information content (AvgIpc) is 2.77. The van der Waals surface area contributed by atoms with Gasteiger partial charge < -0.3 is 10.6 Å². The second-order valence-electron chi connectivity index (χ2n) is 4.65. The molecule has 4 N–H and O–H groups in total. The van der Waals surface area contributed by atoms with Gasteiger partial charge in [0.25, 0.3) is 0 Å². The van der Waals surface area contributed by atoms with Gasteiger partial charge in [-0.1, -0.05) is 12.1 Å². The minimum absolute atomic E-state index is 0.131. The Labute approximate surface area is 116 Å². The Hall–Kier alpha value is -1.93. The molecule has 1 fully saturated rings. The van der Waals surface area contributed by atoms with Crippen LogP contribution in [-0.4, -0.2) is 26.3 Å².